The van der Waals surface area contributed by atoms with Crippen molar-refractivity contribution in [2.45, 2.75) is 45.8 Å². The molecule has 2 aromatic rings. The van der Waals surface area contributed by atoms with Crippen molar-refractivity contribution in [2.75, 3.05) is 6.61 Å². The van der Waals surface area contributed by atoms with Gasteiger partial charge in [-0.25, -0.2) is 4.39 Å². The highest BCUT2D eigenvalue weighted by atomic mass is 35.5. The minimum absolute atomic E-state index is 0.0168. The molecule has 0 heterocycles. The lowest BCUT2D eigenvalue weighted by molar-refractivity contribution is -0.142. The molecule has 0 aromatic heterocycles. The van der Waals surface area contributed by atoms with E-state index in [-0.39, 0.29) is 24.2 Å². The third-order valence-corrected chi connectivity index (χ3v) is 5.02. The third-order valence-electron chi connectivity index (χ3n) is 4.65. The van der Waals surface area contributed by atoms with Gasteiger partial charge in [0.25, 0.3) is 5.91 Å². The predicted molar refractivity (Wildman–Crippen MR) is 111 cm³/mol. The van der Waals surface area contributed by atoms with Crippen LogP contribution in [0.25, 0.3) is 0 Å². The van der Waals surface area contributed by atoms with Crippen molar-refractivity contribution in [1.82, 2.24) is 10.2 Å². The molecule has 0 saturated heterocycles. The molecule has 2 rings (SSSR count). The smallest absolute Gasteiger partial charge is 0.261 e. The number of halogens is 2. The van der Waals surface area contributed by atoms with Crippen molar-refractivity contribution in [3.63, 3.8) is 0 Å². The van der Waals surface area contributed by atoms with E-state index in [4.69, 9.17) is 16.3 Å². The van der Waals surface area contributed by atoms with Gasteiger partial charge in [0.05, 0.1) is 0 Å². The summed E-state index contributed by atoms with van der Waals surface area (Å²) < 4.78 is 19.1. The van der Waals surface area contributed by atoms with Crippen LogP contribution in [0.2, 0.25) is 5.02 Å². The van der Waals surface area contributed by atoms with E-state index >= 15 is 0 Å². The molecule has 2 atom stereocenters. The predicted octanol–water partition coefficient (Wildman–Crippen LogP) is 4.19. The monoisotopic (exact) mass is 420 g/mol. The molecule has 1 N–H and O–H groups in total. The van der Waals surface area contributed by atoms with Gasteiger partial charge in [-0.15, -0.1) is 0 Å². The zero-order valence-electron chi connectivity index (χ0n) is 16.8. The number of hydrogen-bond donors (Lipinski definition) is 1. The van der Waals surface area contributed by atoms with Crippen molar-refractivity contribution in [3.8, 4) is 5.75 Å². The van der Waals surface area contributed by atoms with E-state index < -0.39 is 24.4 Å². The maximum atomic E-state index is 13.8. The van der Waals surface area contributed by atoms with Crippen LogP contribution in [0.4, 0.5) is 4.39 Å². The molecule has 29 heavy (non-hydrogen) atoms. The lowest BCUT2D eigenvalue weighted by atomic mass is 10.1. The lowest BCUT2D eigenvalue weighted by Crippen LogP contribution is -2.50. The second kappa shape index (κ2) is 10.8. The van der Waals surface area contributed by atoms with Crippen LogP contribution < -0.4 is 10.1 Å². The summed E-state index contributed by atoms with van der Waals surface area (Å²) >= 11 is 6.24. The number of nitrogens with one attached hydrogen (secondary N) is 1. The average molecular weight is 421 g/mol. The second-order valence-electron chi connectivity index (χ2n) is 6.83. The first-order valence-corrected chi connectivity index (χ1v) is 9.91. The van der Waals surface area contributed by atoms with E-state index in [0.717, 1.165) is 6.42 Å². The van der Waals surface area contributed by atoms with Gasteiger partial charge in [0, 0.05) is 17.6 Å². The average Bonchev–Trinajstić information content (AvgIpc) is 2.71. The molecular formula is C22H26ClFN2O3. The fraction of sp³-hybridized carbons (Fsp3) is 0.364. The second-order valence-corrected chi connectivity index (χ2v) is 7.23. The number of amides is 2. The number of ether oxygens (including phenoxy) is 1. The van der Waals surface area contributed by atoms with Gasteiger partial charge < -0.3 is 15.0 Å². The Labute approximate surface area is 175 Å². The topological polar surface area (TPSA) is 58.6 Å². The molecule has 156 valence electrons. The summed E-state index contributed by atoms with van der Waals surface area (Å²) in [5.41, 5.74) is 0.705. The van der Waals surface area contributed by atoms with Gasteiger partial charge in [-0.1, -0.05) is 48.9 Å². The number of benzene rings is 2. The van der Waals surface area contributed by atoms with E-state index in [0.29, 0.717) is 10.6 Å². The van der Waals surface area contributed by atoms with E-state index in [1.54, 1.807) is 31.2 Å². The highest BCUT2D eigenvalue weighted by molar-refractivity contribution is 6.31. The Kier molecular flexibility index (Phi) is 8.46. The number of rotatable bonds is 9. The summed E-state index contributed by atoms with van der Waals surface area (Å²) in [7, 11) is 0. The first kappa shape index (κ1) is 22.7. The van der Waals surface area contributed by atoms with Gasteiger partial charge in [0.2, 0.25) is 5.91 Å². The summed E-state index contributed by atoms with van der Waals surface area (Å²) in [5.74, 6) is -1.29. The van der Waals surface area contributed by atoms with Crippen molar-refractivity contribution < 1.29 is 18.7 Å². The maximum Gasteiger partial charge on any atom is 0.261 e. The van der Waals surface area contributed by atoms with Crippen LogP contribution >= 0.6 is 11.6 Å². The number of para-hydroxylation sites is 1. The Morgan fingerprint density at radius 3 is 2.45 bits per heavy atom. The fourth-order valence-corrected chi connectivity index (χ4v) is 2.84. The SMILES string of the molecule is CC[C@@H](C)NC(=O)[C@@H](C)N(Cc1ccccc1Cl)C(=O)COc1ccccc1F. The van der Waals surface area contributed by atoms with E-state index in [2.05, 4.69) is 5.32 Å². The normalized spacial score (nSPS) is 12.7. The highest BCUT2D eigenvalue weighted by Crippen LogP contribution is 2.20. The fourth-order valence-electron chi connectivity index (χ4n) is 2.64. The molecule has 2 aromatic carbocycles. The van der Waals surface area contributed by atoms with Crippen molar-refractivity contribution in [1.29, 1.82) is 0 Å². The van der Waals surface area contributed by atoms with E-state index in [9.17, 15) is 14.0 Å². The molecule has 7 heteroatoms. The highest BCUT2D eigenvalue weighted by Gasteiger charge is 2.27. The molecule has 0 saturated carbocycles. The van der Waals surface area contributed by atoms with Gasteiger partial charge in [-0.3, -0.25) is 9.59 Å². The van der Waals surface area contributed by atoms with Crippen LogP contribution in [-0.4, -0.2) is 35.4 Å². The molecule has 0 aliphatic rings. The van der Waals surface area contributed by atoms with Gasteiger partial charge in [-0.2, -0.15) is 0 Å². The van der Waals surface area contributed by atoms with Crippen LogP contribution in [0.15, 0.2) is 48.5 Å². The zero-order valence-corrected chi connectivity index (χ0v) is 17.6. The summed E-state index contributed by atoms with van der Waals surface area (Å²) in [6.45, 7) is 5.24. The number of nitrogens with zero attached hydrogens (tertiary/aromatic N) is 1. The summed E-state index contributed by atoms with van der Waals surface area (Å²) in [5, 5.41) is 3.38. The first-order valence-electron chi connectivity index (χ1n) is 9.54. The van der Waals surface area contributed by atoms with Crippen LogP contribution in [0.1, 0.15) is 32.8 Å². The Bertz CT molecular complexity index is 846. The molecular weight excluding hydrogens is 395 g/mol. The maximum absolute atomic E-state index is 13.8. The minimum atomic E-state index is -0.753. The quantitative estimate of drug-likeness (QED) is 0.661. The summed E-state index contributed by atoms with van der Waals surface area (Å²) in [6.07, 6.45) is 0.771. The standard InChI is InChI=1S/C22H26ClFN2O3/c1-4-15(2)25-22(28)16(3)26(13-17-9-5-6-10-18(17)23)21(27)14-29-20-12-8-7-11-19(20)24/h5-12,15-16H,4,13-14H2,1-3H3,(H,25,28)/t15-,16-/m1/s1. The van der Waals surface area contributed by atoms with E-state index in [1.807, 2.05) is 19.9 Å². The molecule has 0 fully saturated rings. The van der Waals surface area contributed by atoms with Gasteiger partial charge in [-0.05, 0) is 44.0 Å². The lowest BCUT2D eigenvalue weighted by Gasteiger charge is -2.30. The molecule has 0 spiro atoms. The van der Waals surface area contributed by atoms with Crippen LogP contribution in [0.5, 0.6) is 5.75 Å². The third kappa shape index (κ3) is 6.46. The number of hydrogen-bond acceptors (Lipinski definition) is 3. The Balaban J connectivity index is 2.18. The van der Waals surface area contributed by atoms with Crippen molar-refractivity contribution in [3.05, 3.63) is 64.9 Å². The van der Waals surface area contributed by atoms with Gasteiger partial charge in [0.1, 0.15) is 6.04 Å². The summed E-state index contributed by atoms with van der Waals surface area (Å²) in [6, 6.07) is 12.2. The van der Waals surface area contributed by atoms with E-state index in [1.165, 1.54) is 23.1 Å². The van der Waals surface area contributed by atoms with Gasteiger partial charge >= 0.3 is 0 Å². The van der Waals surface area contributed by atoms with Crippen molar-refractivity contribution >= 4 is 23.4 Å². The van der Waals surface area contributed by atoms with Crippen LogP contribution in [0.3, 0.4) is 0 Å². The van der Waals surface area contributed by atoms with Crippen LogP contribution in [-0.2, 0) is 16.1 Å². The Morgan fingerprint density at radius 1 is 1.14 bits per heavy atom. The number of carbonyl (C=O) groups excluding carboxylic acids is 2. The van der Waals surface area contributed by atoms with Gasteiger partial charge in [0.15, 0.2) is 18.2 Å². The van der Waals surface area contributed by atoms with Crippen LogP contribution in [0, 0.1) is 5.82 Å². The molecule has 0 unspecified atom stereocenters. The summed E-state index contributed by atoms with van der Waals surface area (Å²) in [4.78, 5) is 26.9. The first-order chi connectivity index (χ1) is 13.8. The largest absolute Gasteiger partial charge is 0.481 e. The minimum Gasteiger partial charge on any atom is -0.481 e. The molecule has 0 bridgehead atoms. The molecule has 0 aliphatic heterocycles. The molecule has 5 nitrogen and oxygen atoms in total. The Hall–Kier alpha value is -2.60. The van der Waals surface area contributed by atoms with Crippen molar-refractivity contribution in [2.24, 2.45) is 0 Å². The Morgan fingerprint density at radius 2 is 1.79 bits per heavy atom. The molecule has 2 amide bonds. The molecule has 0 aliphatic carbocycles. The molecule has 0 radical (unpaired) electrons. The zero-order chi connectivity index (χ0) is 21.4. The number of carbonyl (C=O) groups is 2.